The monoisotopic (exact) mass is 287 g/mol. The Morgan fingerprint density at radius 2 is 2.14 bits per heavy atom. The van der Waals surface area contributed by atoms with Crippen molar-refractivity contribution in [2.24, 2.45) is 0 Å². The number of para-hydroxylation sites is 1. The highest BCUT2D eigenvalue weighted by Crippen LogP contribution is 2.37. The quantitative estimate of drug-likeness (QED) is 0.937. The minimum absolute atomic E-state index is 0.143. The maximum absolute atomic E-state index is 5.69. The second-order valence-corrected chi connectivity index (χ2v) is 5.84. The summed E-state index contributed by atoms with van der Waals surface area (Å²) in [7, 11) is 0. The fraction of sp³-hybridized carbons (Fsp3) is 0.500. The summed E-state index contributed by atoms with van der Waals surface area (Å²) in [6, 6.07) is 8.07. The molecule has 112 valence electrons. The highest BCUT2D eigenvalue weighted by Gasteiger charge is 2.31. The molecule has 2 heterocycles. The van der Waals surface area contributed by atoms with Gasteiger partial charge in [0, 0.05) is 5.56 Å². The average Bonchev–Trinajstić information content (AvgIpc) is 2.97. The molecule has 3 rings (SSSR count). The summed E-state index contributed by atoms with van der Waals surface area (Å²) in [5.41, 5.74) is 0.822. The molecule has 5 heteroatoms. The molecule has 0 saturated heterocycles. The minimum Gasteiger partial charge on any atom is -0.493 e. The van der Waals surface area contributed by atoms with Gasteiger partial charge < -0.3 is 14.6 Å². The Morgan fingerprint density at radius 1 is 1.33 bits per heavy atom. The first-order valence-electron chi connectivity index (χ1n) is 7.42. The van der Waals surface area contributed by atoms with Gasteiger partial charge in [0.05, 0.1) is 18.1 Å². The van der Waals surface area contributed by atoms with E-state index < -0.39 is 0 Å². The summed E-state index contributed by atoms with van der Waals surface area (Å²) in [6.45, 7) is 7.69. The Balaban J connectivity index is 1.91. The van der Waals surface area contributed by atoms with Gasteiger partial charge in [-0.3, -0.25) is 0 Å². The number of nitrogens with one attached hydrogen (secondary N) is 1. The van der Waals surface area contributed by atoms with Crippen molar-refractivity contribution in [2.45, 2.75) is 38.6 Å². The molecule has 0 spiro atoms. The molecule has 1 N–H and O–H groups in total. The van der Waals surface area contributed by atoms with Gasteiger partial charge in [-0.05, 0) is 32.9 Å². The highest BCUT2D eigenvalue weighted by molar-refractivity contribution is 5.40. The molecule has 21 heavy (non-hydrogen) atoms. The van der Waals surface area contributed by atoms with Crippen LogP contribution in [-0.2, 0) is 5.54 Å². The van der Waals surface area contributed by atoms with Crippen LogP contribution in [0.4, 0.5) is 0 Å². The number of ether oxygens (including phenoxy) is 1. The van der Waals surface area contributed by atoms with E-state index in [0.29, 0.717) is 12.5 Å². The van der Waals surface area contributed by atoms with E-state index in [0.717, 1.165) is 30.1 Å². The summed E-state index contributed by atoms with van der Waals surface area (Å²) in [6.07, 6.45) is 0.873. The topological polar surface area (TPSA) is 60.2 Å². The lowest BCUT2D eigenvalue weighted by Crippen LogP contribution is -2.36. The Morgan fingerprint density at radius 3 is 2.95 bits per heavy atom. The van der Waals surface area contributed by atoms with E-state index in [1.807, 2.05) is 32.0 Å². The van der Waals surface area contributed by atoms with Gasteiger partial charge in [0.25, 0.3) is 0 Å². The molecule has 0 saturated carbocycles. The Bertz CT molecular complexity index is 621. The number of nitrogens with zero attached hydrogens (tertiary/aromatic N) is 2. The third-order valence-corrected chi connectivity index (χ3v) is 3.87. The van der Waals surface area contributed by atoms with Gasteiger partial charge in [-0.25, -0.2) is 0 Å². The molecule has 1 aliphatic heterocycles. The van der Waals surface area contributed by atoms with Crippen molar-refractivity contribution in [3.63, 3.8) is 0 Å². The molecule has 0 radical (unpaired) electrons. The maximum atomic E-state index is 5.69. The summed E-state index contributed by atoms with van der Waals surface area (Å²) < 4.78 is 11.2. The first-order chi connectivity index (χ1) is 10.1. The van der Waals surface area contributed by atoms with Crippen molar-refractivity contribution in [1.29, 1.82) is 0 Å². The molecule has 0 amide bonds. The van der Waals surface area contributed by atoms with Gasteiger partial charge in [0.15, 0.2) is 5.82 Å². The fourth-order valence-electron chi connectivity index (χ4n) is 2.76. The van der Waals surface area contributed by atoms with Gasteiger partial charge in [-0.15, -0.1) is 0 Å². The van der Waals surface area contributed by atoms with Gasteiger partial charge >= 0.3 is 0 Å². The number of aromatic nitrogens is 2. The van der Waals surface area contributed by atoms with Crippen molar-refractivity contribution in [3.8, 4) is 5.75 Å². The molecule has 0 aliphatic carbocycles. The third kappa shape index (κ3) is 2.65. The van der Waals surface area contributed by atoms with Crippen LogP contribution < -0.4 is 10.1 Å². The van der Waals surface area contributed by atoms with E-state index in [4.69, 9.17) is 9.26 Å². The first kappa shape index (κ1) is 14.1. The number of hydrogen-bond acceptors (Lipinski definition) is 5. The molecule has 1 atom stereocenters. The highest BCUT2D eigenvalue weighted by atomic mass is 16.5. The number of benzene rings is 1. The molecular formula is C16H21N3O2. The zero-order valence-corrected chi connectivity index (χ0v) is 12.7. The van der Waals surface area contributed by atoms with Gasteiger partial charge in [0.1, 0.15) is 5.75 Å². The molecule has 1 aliphatic rings. The van der Waals surface area contributed by atoms with Crippen molar-refractivity contribution in [2.75, 3.05) is 13.2 Å². The van der Waals surface area contributed by atoms with E-state index in [2.05, 4.69) is 28.4 Å². The third-order valence-electron chi connectivity index (χ3n) is 3.87. The second-order valence-electron chi connectivity index (χ2n) is 5.84. The van der Waals surface area contributed by atoms with Crippen LogP contribution in [0.2, 0.25) is 0 Å². The summed E-state index contributed by atoms with van der Waals surface area (Å²) in [4.78, 5) is 4.63. The van der Waals surface area contributed by atoms with Gasteiger partial charge in [0.2, 0.25) is 5.89 Å². The Labute approximate surface area is 124 Å². The lowest BCUT2D eigenvalue weighted by atomic mass is 9.92. The fourth-order valence-corrected chi connectivity index (χ4v) is 2.76. The van der Waals surface area contributed by atoms with Crippen LogP contribution in [-0.4, -0.2) is 23.3 Å². The summed E-state index contributed by atoms with van der Waals surface area (Å²) in [5.74, 6) is 2.44. The van der Waals surface area contributed by atoms with Crippen molar-refractivity contribution in [1.82, 2.24) is 15.5 Å². The van der Waals surface area contributed by atoms with Crippen molar-refractivity contribution >= 4 is 0 Å². The molecule has 5 nitrogen and oxygen atoms in total. The van der Waals surface area contributed by atoms with E-state index >= 15 is 0 Å². The lowest BCUT2D eigenvalue weighted by Gasteiger charge is -2.23. The van der Waals surface area contributed by atoms with E-state index in [1.54, 1.807) is 0 Å². The van der Waals surface area contributed by atoms with E-state index in [-0.39, 0.29) is 11.5 Å². The van der Waals surface area contributed by atoms with Crippen LogP contribution in [0.25, 0.3) is 0 Å². The molecule has 1 unspecified atom stereocenters. The zero-order valence-electron chi connectivity index (χ0n) is 12.7. The van der Waals surface area contributed by atoms with Crippen LogP contribution in [0.3, 0.4) is 0 Å². The molecule has 0 fully saturated rings. The van der Waals surface area contributed by atoms with E-state index in [1.165, 1.54) is 0 Å². The Kier molecular flexibility index (Phi) is 3.68. The smallest absolute Gasteiger partial charge is 0.246 e. The second kappa shape index (κ2) is 5.48. The average molecular weight is 287 g/mol. The molecular weight excluding hydrogens is 266 g/mol. The molecule has 0 bridgehead atoms. The standard InChI is InChI=1S/C16H21N3O2/c1-4-17-16(2,3)15-18-14(19-21-15)12-9-10-20-13-8-6-5-7-11(12)13/h5-8,12,17H,4,9-10H2,1-3H3. The van der Waals surface area contributed by atoms with Crippen LogP contribution >= 0.6 is 0 Å². The van der Waals surface area contributed by atoms with Crippen LogP contribution in [0.5, 0.6) is 5.75 Å². The molecule has 1 aromatic carbocycles. The molecule has 2 aromatic rings. The lowest BCUT2D eigenvalue weighted by molar-refractivity contribution is 0.263. The predicted octanol–water partition coefficient (Wildman–Crippen LogP) is 2.83. The largest absolute Gasteiger partial charge is 0.493 e. The first-order valence-corrected chi connectivity index (χ1v) is 7.42. The number of hydrogen-bond donors (Lipinski definition) is 1. The van der Waals surface area contributed by atoms with Gasteiger partial charge in [-0.2, -0.15) is 4.98 Å². The number of fused-ring (bicyclic) bond motifs is 1. The molecule has 1 aromatic heterocycles. The maximum Gasteiger partial charge on any atom is 0.246 e. The Hall–Kier alpha value is -1.88. The normalized spacial score (nSPS) is 18.1. The number of rotatable bonds is 4. The summed E-state index contributed by atoms with van der Waals surface area (Å²) in [5, 5.41) is 7.56. The predicted molar refractivity (Wildman–Crippen MR) is 79.4 cm³/mol. The van der Waals surface area contributed by atoms with Gasteiger partial charge in [-0.1, -0.05) is 30.3 Å². The van der Waals surface area contributed by atoms with Crippen molar-refractivity contribution in [3.05, 3.63) is 41.5 Å². The van der Waals surface area contributed by atoms with Crippen molar-refractivity contribution < 1.29 is 9.26 Å². The summed E-state index contributed by atoms with van der Waals surface area (Å²) >= 11 is 0. The van der Waals surface area contributed by atoms with E-state index in [9.17, 15) is 0 Å². The van der Waals surface area contributed by atoms with Crippen LogP contribution in [0.15, 0.2) is 28.8 Å². The minimum atomic E-state index is -0.315. The van der Waals surface area contributed by atoms with Crippen LogP contribution in [0.1, 0.15) is 50.4 Å². The van der Waals surface area contributed by atoms with Crippen LogP contribution in [0, 0.1) is 0 Å². The SMILES string of the molecule is CCNC(C)(C)c1nc(C2CCOc3ccccc32)no1. The zero-order chi connectivity index (χ0) is 14.9.